The first kappa shape index (κ1) is 20.3. The lowest BCUT2D eigenvalue weighted by Gasteiger charge is -2.54. The SMILES string of the molecule is C[C@H](O)CC1=C(O)C2=CC(=O)[C@H]3[C@@](C)(COC=O)CCC[C@]3(C)C2=C(O)C1=O. The van der Waals surface area contributed by atoms with Crippen LogP contribution in [-0.4, -0.2) is 46.1 Å². The molecule has 0 bridgehead atoms. The number of aliphatic hydroxyl groups excluding tert-OH is 3. The molecule has 0 amide bonds. The zero-order valence-corrected chi connectivity index (χ0v) is 16.3. The van der Waals surface area contributed by atoms with E-state index in [2.05, 4.69) is 0 Å². The Morgan fingerprint density at radius 2 is 1.93 bits per heavy atom. The summed E-state index contributed by atoms with van der Waals surface area (Å²) in [6, 6.07) is 0. The van der Waals surface area contributed by atoms with Gasteiger partial charge < -0.3 is 20.1 Å². The van der Waals surface area contributed by atoms with E-state index in [4.69, 9.17) is 4.74 Å². The van der Waals surface area contributed by atoms with E-state index in [0.717, 1.165) is 0 Å². The molecule has 7 heteroatoms. The standard InChI is InChI=1S/C21H26O7/c1-11(23)7-13-16(25)12-8-14(24)19-20(2,9-28-10-22)5-4-6-21(19,3)15(12)18(27)17(13)26/h8,10-11,19,23,25,27H,4-7,9H2,1-3H3/t11-,19-,20+,21+/m0/s1. The molecular formula is C21H26O7. The van der Waals surface area contributed by atoms with Crippen LogP contribution in [0, 0.1) is 16.7 Å². The molecule has 3 aliphatic carbocycles. The topological polar surface area (TPSA) is 121 Å². The Kier molecular flexibility index (Phi) is 5.00. The Labute approximate surface area is 163 Å². The molecule has 0 aromatic carbocycles. The molecule has 3 N–H and O–H groups in total. The Bertz CT molecular complexity index is 832. The molecule has 3 aliphatic rings. The van der Waals surface area contributed by atoms with Gasteiger partial charge in [-0.3, -0.25) is 14.4 Å². The minimum absolute atomic E-state index is 0.0583. The van der Waals surface area contributed by atoms with Crippen molar-refractivity contribution in [3.05, 3.63) is 34.3 Å². The number of carbonyl (C=O) groups excluding carboxylic acids is 3. The van der Waals surface area contributed by atoms with Crippen molar-refractivity contribution in [2.45, 2.75) is 52.6 Å². The van der Waals surface area contributed by atoms with E-state index in [-0.39, 0.29) is 41.3 Å². The van der Waals surface area contributed by atoms with Crippen molar-refractivity contribution in [2.24, 2.45) is 16.7 Å². The van der Waals surface area contributed by atoms with Crippen LogP contribution < -0.4 is 0 Å². The van der Waals surface area contributed by atoms with Crippen molar-refractivity contribution < 1.29 is 34.4 Å². The van der Waals surface area contributed by atoms with Gasteiger partial charge in [0.15, 0.2) is 11.5 Å². The number of hydrogen-bond donors (Lipinski definition) is 3. The third-order valence-electron chi connectivity index (χ3n) is 6.44. The van der Waals surface area contributed by atoms with E-state index in [1.165, 1.54) is 13.0 Å². The molecule has 28 heavy (non-hydrogen) atoms. The van der Waals surface area contributed by atoms with Crippen LogP contribution >= 0.6 is 0 Å². The average Bonchev–Trinajstić information content (AvgIpc) is 2.60. The summed E-state index contributed by atoms with van der Waals surface area (Å²) in [6.07, 6.45) is 2.17. The number of allylic oxidation sites excluding steroid dienone is 3. The number of ketones is 2. The van der Waals surface area contributed by atoms with Crippen LogP contribution in [0.5, 0.6) is 0 Å². The fraction of sp³-hybridized carbons (Fsp3) is 0.571. The fourth-order valence-electron chi connectivity index (χ4n) is 5.43. The van der Waals surface area contributed by atoms with Crippen molar-refractivity contribution in [2.75, 3.05) is 6.61 Å². The van der Waals surface area contributed by atoms with E-state index in [0.29, 0.717) is 25.7 Å². The van der Waals surface area contributed by atoms with Crippen LogP contribution in [0.25, 0.3) is 0 Å². The number of Topliss-reactive ketones (excluding diaryl/α,β-unsaturated/α-hetero) is 1. The fourth-order valence-corrected chi connectivity index (χ4v) is 5.43. The summed E-state index contributed by atoms with van der Waals surface area (Å²) in [7, 11) is 0. The van der Waals surface area contributed by atoms with Crippen molar-refractivity contribution in [3.8, 4) is 0 Å². The lowest BCUT2D eigenvalue weighted by molar-refractivity contribution is -0.144. The molecule has 7 nitrogen and oxygen atoms in total. The molecule has 0 aromatic heterocycles. The first-order valence-corrected chi connectivity index (χ1v) is 9.47. The van der Waals surface area contributed by atoms with E-state index >= 15 is 0 Å². The maximum absolute atomic E-state index is 13.1. The van der Waals surface area contributed by atoms with Gasteiger partial charge in [0.25, 0.3) is 6.47 Å². The number of aliphatic hydroxyl groups is 3. The molecule has 0 aliphatic heterocycles. The zero-order chi connectivity index (χ0) is 20.9. The third-order valence-corrected chi connectivity index (χ3v) is 6.44. The van der Waals surface area contributed by atoms with Crippen molar-refractivity contribution >= 4 is 18.0 Å². The summed E-state index contributed by atoms with van der Waals surface area (Å²) in [5, 5.41) is 31.1. The van der Waals surface area contributed by atoms with Crippen LogP contribution in [0.15, 0.2) is 34.3 Å². The van der Waals surface area contributed by atoms with Gasteiger partial charge in [-0.1, -0.05) is 20.3 Å². The Hall–Kier alpha value is -2.41. The predicted molar refractivity (Wildman–Crippen MR) is 99.3 cm³/mol. The maximum Gasteiger partial charge on any atom is 0.293 e. The van der Waals surface area contributed by atoms with Gasteiger partial charge in [-0.15, -0.1) is 0 Å². The number of hydrogen-bond acceptors (Lipinski definition) is 7. The average molecular weight is 390 g/mol. The number of ether oxygens (including phenoxy) is 1. The van der Waals surface area contributed by atoms with E-state index in [1.54, 1.807) is 0 Å². The first-order chi connectivity index (χ1) is 13.1. The lowest BCUT2D eigenvalue weighted by atomic mass is 9.49. The minimum Gasteiger partial charge on any atom is -0.507 e. The number of carbonyl (C=O) groups is 3. The number of rotatable bonds is 5. The molecule has 0 saturated heterocycles. The molecule has 152 valence electrons. The van der Waals surface area contributed by atoms with E-state index < -0.39 is 34.4 Å². The largest absolute Gasteiger partial charge is 0.507 e. The van der Waals surface area contributed by atoms with Gasteiger partial charge >= 0.3 is 0 Å². The second-order valence-electron chi connectivity index (χ2n) is 8.66. The summed E-state index contributed by atoms with van der Waals surface area (Å²) in [4.78, 5) is 36.6. The molecule has 0 unspecified atom stereocenters. The molecular weight excluding hydrogens is 364 g/mol. The predicted octanol–water partition coefficient (Wildman–Crippen LogP) is 2.46. The highest BCUT2D eigenvalue weighted by atomic mass is 16.5. The molecule has 0 heterocycles. The van der Waals surface area contributed by atoms with Gasteiger partial charge in [0.05, 0.1) is 12.7 Å². The summed E-state index contributed by atoms with van der Waals surface area (Å²) in [6.45, 7) is 5.56. The van der Waals surface area contributed by atoms with Gasteiger partial charge in [0, 0.05) is 39.9 Å². The van der Waals surface area contributed by atoms with Crippen LogP contribution in [0.3, 0.4) is 0 Å². The Morgan fingerprint density at radius 1 is 1.25 bits per heavy atom. The highest BCUT2D eigenvalue weighted by Gasteiger charge is 2.58. The molecule has 0 spiro atoms. The molecule has 3 rings (SSSR count). The van der Waals surface area contributed by atoms with Gasteiger partial charge in [-0.05, 0) is 25.8 Å². The van der Waals surface area contributed by atoms with Crippen LogP contribution in [0.2, 0.25) is 0 Å². The Balaban J connectivity index is 2.18. The summed E-state index contributed by atoms with van der Waals surface area (Å²) >= 11 is 0. The minimum atomic E-state index is -0.892. The van der Waals surface area contributed by atoms with Crippen molar-refractivity contribution in [1.82, 2.24) is 0 Å². The second kappa shape index (κ2) is 6.88. The summed E-state index contributed by atoms with van der Waals surface area (Å²) in [5.74, 6) is -2.41. The Morgan fingerprint density at radius 3 is 2.54 bits per heavy atom. The molecule has 4 atom stereocenters. The lowest BCUT2D eigenvalue weighted by Crippen LogP contribution is -2.53. The van der Waals surface area contributed by atoms with E-state index in [1.807, 2.05) is 13.8 Å². The highest BCUT2D eigenvalue weighted by Crippen LogP contribution is 2.60. The molecule has 1 fully saturated rings. The quantitative estimate of drug-likeness (QED) is 0.617. The molecule has 1 saturated carbocycles. The van der Waals surface area contributed by atoms with Crippen LogP contribution in [0.4, 0.5) is 0 Å². The van der Waals surface area contributed by atoms with E-state index in [9.17, 15) is 29.7 Å². The smallest absolute Gasteiger partial charge is 0.293 e. The van der Waals surface area contributed by atoms with Gasteiger partial charge in [0.1, 0.15) is 5.76 Å². The third kappa shape index (κ3) is 2.89. The normalized spacial score (nSPS) is 33.9. The zero-order valence-electron chi connectivity index (χ0n) is 16.3. The van der Waals surface area contributed by atoms with Gasteiger partial charge in [-0.25, -0.2) is 0 Å². The first-order valence-electron chi connectivity index (χ1n) is 9.47. The van der Waals surface area contributed by atoms with Crippen molar-refractivity contribution in [3.63, 3.8) is 0 Å². The maximum atomic E-state index is 13.1. The summed E-state index contributed by atoms with van der Waals surface area (Å²) in [5.41, 5.74) is -1.21. The van der Waals surface area contributed by atoms with Crippen LogP contribution in [-0.2, 0) is 19.1 Å². The molecule has 0 radical (unpaired) electrons. The molecule has 0 aromatic rings. The van der Waals surface area contributed by atoms with Gasteiger partial charge in [-0.2, -0.15) is 0 Å². The van der Waals surface area contributed by atoms with Crippen LogP contribution in [0.1, 0.15) is 46.5 Å². The van der Waals surface area contributed by atoms with Gasteiger partial charge in [0.2, 0.25) is 5.78 Å². The second-order valence-corrected chi connectivity index (χ2v) is 8.66. The number of fused-ring (bicyclic) bond motifs is 3. The monoisotopic (exact) mass is 390 g/mol. The van der Waals surface area contributed by atoms with Crippen molar-refractivity contribution in [1.29, 1.82) is 0 Å². The highest BCUT2D eigenvalue weighted by molar-refractivity contribution is 6.12. The summed E-state index contributed by atoms with van der Waals surface area (Å²) < 4.78 is 5.00.